The van der Waals surface area contributed by atoms with E-state index in [1.54, 1.807) is 20.8 Å². The number of hydrogen-bond donors (Lipinski definition) is 3. The number of ether oxygens (including phenoxy) is 1. The number of halogens is 1. The highest BCUT2D eigenvalue weighted by Crippen LogP contribution is 2.18. The van der Waals surface area contributed by atoms with Crippen LogP contribution in [0, 0.1) is 5.82 Å². The maximum absolute atomic E-state index is 14.0. The van der Waals surface area contributed by atoms with Crippen LogP contribution in [0.2, 0.25) is 0 Å². The second-order valence-electron chi connectivity index (χ2n) is 5.14. The molecule has 7 heteroatoms. The maximum atomic E-state index is 14.0. The van der Waals surface area contributed by atoms with Gasteiger partial charge in [-0.3, -0.25) is 0 Å². The van der Waals surface area contributed by atoms with Gasteiger partial charge >= 0.3 is 13.1 Å². The van der Waals surface area contributed by atoms with Crippen LogP contribution in [-0.4, -0.2) is 28.7 Å². The van der Waals surface area contributed by atoms with Gasteiger partial charge < -0.3 is 20.5 Å². The standard InChI is InChI=1S/C12H17BFNO4/c1-12(2,3)19-11(16)10(15)7-5-4-6-8(9(7)14)13(17)18/h4-6,10,17-18H,15H2,1-3H3. The van der Waals surface area contributed by atoms with E-state index in [4.69, 9.17) is 20.5 Å². The van der Waals surface area contributed by atoms with Crippen LogP contribution in [0.3, 0.4) is 0 Å². The Hall–Kier alpha value is -1.44. The van der Waals surface area contributed by atoms with Crippen molar-refractivity contribution < 1.29 is 24.0 Å². The molecule has 19 heavy (non-hydrogen) atoms. The Bertz CT molecular complexity index is 473. The van der Waals surface area contributed by atoms with E-state index in [0.29, 0.717) is 0 Å². The molecule has 0 radical (unpaired) electrons. The van der Waals surface area contributed by atoms with E-state index < -0.39 is 30.5 Å². The van der Waals surface area contributed by atoms with Crippen molar-refractivity contribution in [2.75, 3.05) is 0 Å². The van der Waals surface area contributed by atoms with Gasteiger partial charge in [0.05, 0.1) is 0 Å². The minimum Gasteiger partial charge on any atom is -0.459 e. The maximum Gasteiger partial charge on any atom is 0.491 e. The van der Waals surface area contributed by atoms with Gasteiger partial charge in [0.25, 0.3) is 0 Å². The molecule has 0 aromatic heterocycles. The molecule has 1 aromatic carbocycles. The molecule has 0 bridgehead atoms. The van der Waals surface area contributed by atoms with Crippen LogP contribution in [-0.2, 0) is 9.53 Å². The minimum absolute atomic E-state index is 0.139. The van der Waals surface area contributed by atoms with E-state index >= 15 is 0 Å². The fourth-order valence-electron chi connectivity index (χ4n) is 1.50. The lowest BCUT2D eigenvalue weighted by molar-refractivity contribution is -0.156. The van der Waals surface area contributed by atoms with Gasteiger partial charge in [0, 0.05) is 11.0 Å². The summed E-state index contributed by atoms with van der Waals surface area (Å²) < 4.78 is 19.0. The van der Waals surface area contributed by atoms with Crippen LogP contribution < -0.4 is 11.2 Å². The SMILES string of the molecule is CC(C)(C)OC(=O)C(N)c1cccc(B(O)O)c1F. The lowest BCUT2D eigenvalue weighted by atomic mass is 9.78. The van der Waals surface area contributed by atoms with Gasteiger partial charge in [-0.05, 0) is 20.8 Å². The summed E-state index contributed by atoms with van der Waals surface area (Å²) in [6.45, 7) is 5.01. The first-order valence-electron chi connectivity index (χ1n) is 5.76. The van der Waals surface area contributed by atoms with Gasteiger partial charge in [-0.2, -0.15) is 0 Å². The quantitative estimate of drug-likeness (QED) is 0.524. The largest absolute Gasteiger partial charge is 0.491 e. The van der Waals surface area contributed by atoms with Crippen LogP contribution in [0.4, 0.5) is 4.39 Å². The normalized spacial score (nSPS) is 13.0. The number of carbonyl (C=O) groups is 1. The van der Waals surface area contributed by atoms with Gasteiger partial charge in [0.1, 0.15) is 17.5 Å². The Morgan fingerprint density at radius 1 is 1.42 bits per heavy atom. The third kappa shape index (κ3) is 4.02. The Morgan fingerprint density at radius 3 is 2.47 bits per heavy atom. The van der Waals surface area contributed by atoms with E-state index in [2.05, 4.69) is 0 Å². The summed E-state index contributed by atoms with van der Waals surface area (Å²) in [5, 5.41) is 18.0. The fraction of sp³-hybridized carbons (Fsp3) is 0.417. The fourth-order valence-corrected chi connectivity index (χ4v) is 1.50. The molecule has 0 saturated heterocycles. The van der Waals surface area contributed by atoms with Crippen molar-refractivity contribution in [3.8, 4) is 0 Å². The third-order valence-electron chi connectivity index (χ3n) is 2.33. The molecule has 1 rings (SSSR count). The van der Waals surface area contributed by atoms with E-state index in [9.17, 15) is 9.18 Å². The molecule has 0 saturated carbocycles. The van der Waals surface area contributed by atoms with Crippen molar-refractivity contribution in [2.24, 2.45) is 5.73 Å². The molecule has 0 fully saturated rings. The highest BCUT2D eigenvalue weighted by atomic mass is 19.1. The van der Waals surface area contributed by atoms with E-state index in [-0.39, 0.29) is 11.0 Å². The average Bonchev–Trinajstić information content (AvgIpc) is 2.25. The van der Waals surface area contributed by atoms with Crippen molar-refractivity contribution >= 4 is 18.6 Å². The van der Waals surface area contributed by atoms with Gasteiger partial charge in [0.2, 0.25) is 0 Å². The predicted octanol–water partition coefficient (Wildman–Crippen LogP) is -0.153. The molecule has 0 aliphatic rings. The average molecular weight is 269 g/mol. The van der Waals surface area contributed by atoms with Crippen molar-refractivity contribution in [1.29, 1.82) is 0 Å². The highest BCUT2D eigenvalue weighted by molar-refractivity contribution is 6.58. The summed E-state index contributed by atoms with van der Waals surface area (Å²) in [6, 6.07) is 2.57. The second kappa shape index (κ2) is 5.69. The molecular formula is C12H17BFNO4. The highest BCUT2D eigenvalue weighted by Gasteiger charge is 2.28. The van der Waals surface area contributed by atoms with E-state index in [0.717, 1.165) is 0 Å². The molecule has 0 aliphatic heterocycles. The van der Waals surface area contributed by atoms with Crippen molar-refractivity contribution in [3.05, 3.63) is 29.6 Å². The molecule has 1 atom stereocenters. The molecule has 5 nitrogen and oxygen atoms in total. The first-order valence-corrected chi connectivity index (χ1v) is 5.76. The zero-order valence-electron chi connectivity index (χ0n) is 11.1. The smallest absolute Gasteiger partial charge is 0.459 e. The summed E-state index contributed by atoms with van der Waals surface area (Å²) in [5.41, 5.74) is 4.43. The van der Waals surface area contributed by atoms with Gasteiger partial charge in [-0.1, -0.05) is 18.2 Å². The number of hydrogen-bond acceptors (Lipinski definition) is 5. The van der Waals surface area contributed by atoms with E-state index in [1.807, 2.05) is 0 Å². The summed E-state index contributed by atoms with van der Waals surface area (Å²) in [7, 11) is -1.97. The zero-order chi connectivity index (χ0) is 14.8. The monoisotopic (exact) mass is 269 g/mol. The summed E-state index contributed by atoms with van der Waals surface area (Å²) >= 11 is 0. The lowest BCUT2D eigenvalue weighted by Gasteiger charge is -2.22. The Balaban J connectivity index is 3.03. The van der Waals surface area contributed by atoms with Gasteiger partial charge in [-0.25, -0.2) is 9.18 Å². The summed E-state index contributed by atoms with van der Waals surface area (Å²) in [5.74, 6) is -1.70. The predicted molar refractivity (Wildman–Crippen MR) is 69.0 cm³/mol. The molecule has 0 amide bonds. The number of rotatable bonds is 3. The number of benzene rings is 1. The van der Waals surface area contributed by atoms with Crippen LogP contribution >= 0.6 is 0 Å². The second-order valence-corrected chi connectivity index (χ2v) is 5.14. The van der Waals surface area contributed by atoms with Crippen molar-refractivity contribution in [2.45, 2.75) is 32.4 Å². The zero-order valence-corrected chi connectivity index (χ0v) is 11.1. The van der Waals surface area contributed by atoms with Crippen molar-refractivity contribution in [3.63, 3.8) is 0 Å². The molecule has 1 aromatic rings. The lowest BCUT2D eigenvalue weighted by Crippen LogP contribution is -2.36. The Morgan fingerprint density at radius 2 is 2.00 bits per heavy atom. The Kier molecular flexibility index (Phi) is 4.68. The van der Waals surface area contributed by atoms with E-state index in [1.165, 1.54) is 18.2 Å². The number of carbonyl (C=O) groups excluding carboxylic acids is 1. The van der Waals surface area contributed by atoms with Crippen molar-refractivity contribution in [1.82, 2.24) is 0 Å². The number of esters is 1. The van der Waals surface area contributed by atoms with Crippen LogP contribution in [0.15, 0.2) is 18.2 Å². The summed E-state index contributed by atoms with van der Waals surface area (Å²) in [4.78, 5) is 11.8. The third-order valence-corrected chi connectivity index (χ3v) is 2.33. The summed E-state index contributed by atoms with van der Waals surface area (Å²) in [6.07, 6.45) is 0. The molecule has 104 valence electrons. The molecule has 1 unspecified atom stereocenters. The van der Waals surface area contributed by atoms with Crippen LogP contribution in [0.1, 0.15) is 32.4 Å². The number of nitrogens with two attached hydrogens (primary N) is 1. The molecule has 0 heterocycles. The van der Waals surface area contributed by atoms with Crippen LogP contribution in [0.25, 0.3) is 0 Å². The first-order chi connectivity index (χ1) is 8.63. The molecular weight excluding hydrogens is 252 g/mol. The topological polar surface area (TPSA) is 92.8 Å². The van der Waals surface area contributed by atoms with Gasteiger partial charge in [-0.15, -0.1) is 0 Å². The molecule has 0 aliphatic carbocycles. The molecule has 4 N–H and O–H groups in total. The minimum atomic E-state index is -1.97. The van der Waals surface area contributed by atoms with Crippen LogP contribution in [0.5, 0.6) is 0 Å². The van der Waals surface area contributed by atoms with Gasteiger partial charge in [0.15, 0.2) is 0 Å². The first kappa shape index (κ1) is 15.6. The molecule has 0 spiro atoms. The Labute approximate surface area is 111 Å².